The Labute approximate surface area is 77.6 Å². The van der Waals surface area contributed by atoms with Crippen molar-refractivity contribution in [2.24, 2.45) is 5.92 Å². The fraction of sp³-hybridized carbons (Fsp3) is 0.778. The molecule has 0 aromatic heterocycles. The van der Waals surface area contributed by atoms with Crippen LogP contribution in [-0.4, -0.2) is 29.9 Å². The van der Waals surface area contributed by atoms with Crippen molar-refractivity contribution in [1.29, 1.82) is 0 Å². The molecule has 0 aromatic rings. The molecule has 0 fully saturated rings. The second-order valence-corrected chi connectivity index (χ2v) is 3.93. The van der Waals surface area contributed by atoms with Crippen molar-refractivity contribution in [1.82, 2.24) is 4.90 Å². The summed E-state index contributed by atoms with van der Waals surface area (Å²) in [6, 6.07) is 0. The Hall–Kier alpha value is 0.180. The Morgan fingerprint density at radius 1 is 1.55 bits per heavy atom. The summed E-state index contributed by atoms with van der Waals surface area (Å²) < 4.78 is 0. The van der Waals surface area contributed by atoms with E-state index in [4.69, 9.17) is 0 Å². The van der Waals surface area contributed by atoms with Gasteiger partial charge in [-0.15, -0.1) is 0 Å². The van der Waals surface area contributed by atoms with E-state index in [1.165, 1.54) is 19.5 Å². The van der Waals surface area contributed by atoms with Gasteiger partial charge in [0.25, 0.3) is 0 Å². The molecular formula is C9H16BrN. The highest BCUT2D eigenvalue weighted by molar-refractivity contribution is 9.09. The summed E-state index contributed by atoms with van der Waals surface area (Å²) in [5.74, 6) is 0.779. The minimum absolute atomic E-state index is 0.779. The first-order chi connectivity index (χ1) is 5.33. The monoisotopic (exact) mass is 217 g/mol. The van der Waals surface area contributed by atoms with Crippen molar-refractivity contribution in [3.05, 3.63) is 12.2 Å². The largest absolute Gasteiger partial charge is 0.299 e. The molecule has 2 heteroatoms. The lowest BCUT2D eigenvalue weighted by Gasteiger charge is -2.25. The molecule has 1 nitrogen and oxygen atoms in total. The number of hydrogen-bond acceptors (Lipinski definition) is 1. The Bertz CT molecular complexity index is 134. The van der Waals surface area contributed by atoms with Gasteiger partial charge in [-0.25, -0.2) is 0 Å². The van der Waals surface area contributed by atoms with E-state index in [1.54, 1.807) is 0 Å². The van der Waals surface area contributed by atoms with Gasteiger partial charge in [-0.3, -0.25) is 4.90 Å². The summed E-state index contributed by atoms with van der Waals surface area (Å²) in [5, 5.41) is 1.12. The van der Waals surface area contributed by atoms with Crippen LogP contribution in [0.4, 0.5) is 0 Å². The molecule has 0 amide bonds. The lowest BCUT2D eigenvalue weighted by atomic mass is 10.1. The van der Waals surface area contributed by atoms with E-state index in [2.05, 4.69) is 39.9 Å². The predicted molar refractivity (Wildman–Crippen MR) is 53.2 cm³/mol. The number of alkyl halides is 1. The van der Waals surface area contributed by atoms with Gasteiger partial charge in [0, 0.05) is 25.0 Å². The second-order valence-electron chi connectivity index (χ2n) is 3.28. The quantitative estimate of drug-likeness (QED) is 0.519. The minimum atomic E-state index is 0.779. The molecule has 0 aromatic carbocycles. The predicted octanol–water partition coefficient (Wildman–Crippen LogP) is 2.28. The maximum absolute atomic E-state index is 3.50. The highest BCUT2D eigenvalue weighted by Gasteiger charge is 2.08. The van der Waals surface area contributed by atoms with E-state index in [9.17, 15) is 0 Å². The van der Waals surface area contributed by atoms with E-state index in [0.717, 1.165) is 17.8 Å². The Balaban J connectivity index is 2.20. The molecule has 0 N–H and O–H groups in total. The summed E-state index contributed by atoms with van der Waals surface area (Å²) in [7, 11) is 0. The first kappa shape index (κ1) is 9.27. The number of rotatable bonds is 3. The van der Waals surface area contributed by atoms with E-state index < -0.39 is 0 Å². The fourth-order valence-corrected chi connectivity index (χ4v) is 1.55. The van der Waals surface area contributed by atoms with Crippen molar-refractivity contribution in [2.45, 2.75) is 13.3 Å². The van der Waals surface area contributed by atoms with E-state index >= 15 is 0 Å². The van der Waals surface area contributed by atoms with Gasteiger partial charge in [0.1, 0.15) is 0 Å². The zero-order chi connectivity index (χ0) is 8.10. The van der Waals surface area contributed by atoms with Crippen LogP contribution in [0.15, 0.2) is 12.2 Å². The second kappa shape index (κ2) is 4.94. The molecule has 0 spiro atoms. The third-order valence-corrected chi connectivity index (χ3v) is 3.08. The molecule has 0 radical (unpaired) electrons. The van der Waals surface area contributed by atoms with Crippen molar-refractivity contribution in [3.63, 3.8) is 0 Å². The number of halogens is 1. The van der Waals surface area contributed by atoms with Gasteiger partial charge in [-0.1, -0.05) is 35.0 Å². The highest BCUT2D eigenvalue weighted by Crippen LogP contribution is 2.07. The van der Waals surface area contributed by atoms with Crippen LogP contribution in [0.5, 0.6) is 0 Å². The maximum atomic E-state index is 3.50. The normalized spacial score (nSPS) is 22.0. The summed E-state index contributed by atoms with van der Waals surface area (Å²) in [5.41, 5.74) is 0. The molecule has 0 saturated carbocycles. The van der Waals surface area contributed by atoms with E-state index in [-0.39, 0.29) is 0 Å². The topological polar surface area (TPSA) is 3.24 Å². The van der Waals surface area contributed by atoms with E-state index in [0.29, 0.717) is 0 Å². The highest BCUT2D eigenvalue weighted by atomic mass is 79.9. The molecule has 1 rings (SSSR count). The van der Waals surface area contributed by atoms with Gasteiger partial charge in [0.05, 0.1) is 0 Å². The SMILES string of the molecule is CC(CBr)CN1CC=CCC1. The summed E-state index contributed by atoms with van der Waals surface area (Å²) in [6.45, 7) is 5.91. The molecular weight excluding hydrogens is 202 g/mol. The summed E-state index contributed by atoms with van der Waals surface area (Å²) in [6.07, 6.45) is 5.77. The van der Waals surface area contributed by atoms with Crippen LogP contribution in [-0.2, 0) is 0 Å². The van der Waals surface area contributed by atoms with Crippen LogP contribution < -0.4 is 0 Å². The molecule has 11 heavy (non-hydrogen) atoms. The van der Waals surface area contributed by atoms with Crippen LogP contribution >= 0.6 is 15.9 Å². The van der Waals surface area contributed by atoms with Gasteiger partial charge in [0.2, 0.25) is 0 Å². The van der Waals surface area contributed by atoms with Gasteiger partial charge in [0.15, 0.2) is 0 Å². The van der Waals surface area contributed by atoms with Crippen molar-refractivity contribution in [3.8, 4) is 0 Å². The molecule has 1 heterocycles. The Kier molecular flexibility index (Phi) is 4.16. The standard InChI is InChI=1S/C9H16BrN/c1-9(7-10)8-11-5-3-2-4-6-11/h2-3,9H,4-8H2,1H3. The zero-order valence-electron chi connectivity index (χ0n) is 7.09. The average Bonchev–Trinajstić information content (AvgIpc) is 2.06. The molecule has 0 bridgehead atoms. The fourth-order valence-electron chi connectivity index (χ4n) is 1.35. The van der Waals surface area contributed by atoms with Crippen LogP contribution in [0.3, 0.4) is 0 Å². The number of nitrogens with zero attached hydrogens (tertiary/aromatic N) is 1. The van der Waals surface area contributed by atoms with Gasteiger partial charge >= 0.3 is 0 Å². The van der Waals surface area contributed by atoms with Crippen LogP contribution in [0.2, 0.25) is 0 Å². The lowest BCUT2D eigenvalue weighted by molar-refractivity contribution is 0.268. The zero-order valence-corrected chi connectivity index (χ0v) is 8.68. The third-order valence-electron chi connectivity index (χ3n) is 1.98. The third kappa shape index (κ3) is 3.39. The molecule has 1 unspecified atom stereocenters. The summed E-state index contributed by atoms with van der Waals surface area (Å²) in [4.78, 5) is 2.51. The molecule has 1 aliphatic heterocycles. The van der Waals surface area contributed by atoms with Crippen LogP contribution in [0.25, 0.3) is 0 Å². The molecule has 0 saturated heterocycles. The summed E-state index contributed by atoms with van der Waals surface area (Å²) >= 11 is 3.50. The maximum Gasteiger partial charge on any atom is 0.0163 e. The lowest BCUT2D eigenvalue weighted by Crippen LogP contribution is -2.31. The van der Waals surface area contributed by atoms with E-state index in [1.807, 2.05) is 0 Å². The van der Waals surface area contributed by atoms with Crippen molar-refractivity contribution >= 4 is 15.9 Å². The van der Waals surface area contributed by atoms with Crippen molar-refractivity contribution in [2.75, 3.05) is 25.0 Å². The number of hydrogen-bond donors (Lipinski definition) is 0. The van der Waals surface area contributed by atoms with Gasteiger partial charge < -0.3 is 0 Å². The smallest absolute Gasteiger partial charge is 0.0163 e. The Morgan fingerprint density at radius 2 is 2.36 bits per heavy atom. The average molecular weight is 218 g/mol. The van der Waals surface area contributed by atoms with Gasteiger partial charge in [-0.05, 0) is 12.3 Å². The first-order valence-electron chi connectivity index (χ1n) is 4.26. The van der Waals surface area contributed by atoms with Crippen LogP contribution in [0, 0.1) is 5.92 Å². The molecule has 0 aliphatic carbocycles. The van der Waals surface area contributed by atoms with Crippen LogP contribution in [0.1, 0.15) is 13.3 Å². The minimum Gasteiger partial charge on any atom is -0.299 e. The van der Waals surface area contributed by atoms with Gasteiger partial charge in [-0.2, -0.15) is 0 Å². The van der Waals surface area contributed by atoms with Crippen molar-refractivity contribution < 1.29 is 0 Å². The first-order valence-corrected chi connectivity index (χ1v) is 5.38. The molecule has 64 valence electrons. The molecule has 1 aliphatic rings. The molecule has 1 atom stereocenters. The Morgan fingerprint density at radius 3 is 2.91 bits per heavy atom.